The van der Waals surface area contributed by atoms with E-state index in [2.05, 4.69) is 4.74 Å². The average molecular weight is 298 g/mol. The number of carbonyl (C=O) groups is 1. The second kappa shape index (κ2) is 5.35. The lowest BCUT2D eigenvalue weighted by Gasteiger charge is -2.10. The third-order valence-corrected chi connectivity index (χ3v) is 2.63. The lowest BCUT2D eigenvalue weighted by Crippen LogP contribution is -2.16. The number of alkyl halides is 3. The molecule has 0 unspecified atom stereocenters. The smallest absolute Gasteiger partial charge is 0.508 e. The van der Waals surface area contributed by atoms with Crippen LogP contribution in [0, 0.1) is 0 Å². The highest BCUT2D eigenvalue weighted by Crippen LogP contribution is 2.30. The molecule has 21 heavy (non-hydrogen) atoms. The fourth-order valence-electron chi connectivity index (χ4n) is 1.80. The normalized spacial score (nSPS) is 11.2. The Kier molecular flexibility index (Phi) is 3.75. The van der Waals surface area contributed by atoms with Crippen LogP contribution >= 0.6 is 0 Å². The molecule has 2 rings (SSSR count). The highest BCUT2D eigenvalue weighted by molar-refractivity contribution is 5.96. The summed E-state index contributed by atoms with van der Waals surface area (Å²) < 4.78 is 39.9. The monoisotopic (exact) mass is 298 g/mol. The molecule has 2 N–H and O–H groups in total. The molecule has 0 aromatic heterocycles. The Morgan fingerprint density at radius 1 is 1.05 bits per heavy atom. The van der Waals surface area contributed by atoms with Gasteiger partial charge in [0, 0.05) is 0 Å². The molecule has 0 saturated heterocycles. The molecule has 0 spiro atoms. The number of benzene rings is 2. The SMILES string of the molecule is O=C(O)c1cc(O)ccc1-c1ccc(OC(F)(F)F)cc1. The summed E-state index contributed by atoms with van der Waals surface area (Å²) in [6.45, 7) is 0. The predicted octanol–water partition coefficient (Wildman–Crippen LogP) is 3.66. The zero-order valence-corrected chi connectivity index (χ0v) is 10.4. The second-order valence-electron chi connectivity index (χ2n) is 4.11. The zero-order valence-electron chi connectivity index (χ0n) is 10.4. The van der Waals surface area contributed by atoms with Crippen molar-refractivity contribution in [3.63, 3.8) is 0 Å². The van der Waals surface area contributed by atoms with E-state index in [1.54, 1.807) is 0 Å². The first kappa shape index (κ1) is 14.7. The van der Waals surface area contributed by atoms with E-state index in [0.29, 0.717) is 5.56 Å². The number of aromatic carboxylic acids is 1. The van der Waals surface area contributed by atoms with Gasteiger partial charge < -0.3 is 14.9 Å². The van der Waals surface area contributed by atoms with Crippen molar-refractivity contribution in [2.45, 2.75) is 6.36 Å². The molecule has 7 heteroatoms. The van der Waals surface area contributed by atoms with Crippen LogP contribution in [0.5, 0.6) is 11.5 Å². The molecule has 2 aromatic carbocycles. The summed E-state index contributed by atoms with van der Waals surface area (Å²) in [6.07, 6.45) is -4.79. The zero-order chi connectivity index (χ0) is 15.6. The molecular weight excluding hydrogens is 289 g/mol. The van der Waals surface area contributed by atoms with Gasteiger partial charge in [-0.25, -0.2) is 4.79 Å². The lowest BCUT2D eigenvalue weighted by molar-refractivity contribution is -0.274. The van der Waals surface area contributed by atoms with Crippen molar-refractivity contribution in [2.75, 3.05) is 0 Å². The van der Waals surface area contributed by atoms with Crippen LogP contribution in [-0.4, -0.2) is 22.5 Å². The largest absolute Gasteiger partial charge is 0.573 e. The van der Waals surface area contributed by atoms with E-state index >= 15 is 0 Å². The number of carboxylic acids is 1. The number of hydrogen-bond donors (Lipinski definition) is 2. The Morgan fingerprint density at radius 2 is 1.67 bits per heavy atom. The van der Waals surface area contributed by atoms with E-state index < -0.39 is 18.1 Å². The van der Waals surface area contributed by atoms with Crippen molar-refractivity contribution in [1.82, 2.24) is 0 Å². The van der Waals surface area contributed by atoms with Gasteiger partial charge in [0.25, 0.3) is 0 Å². The Morgan fingerprint density at radius 3 is 2.19 bits per heavy atom. The summed E-state index contributed by atoms with van der Waals surface area (Å²) in [5, 5.41) is 18.4. The van der Waals surface area contributed by atoms with Gasteiger partial charge in [-0.05, 0) is 41.5 Å². The molecule has 0 fully saturated rings. The van der Waals surface area contributed by atoms with E-state index in [0.717, 1.165) is 18.2 Å². The van der Waals surface area contributed by atoms with Crippen LogP contribution in [0.2, 0.25) is 0 Å². The van der Waals surface area contributed by atoms with Crippen molar-refractivity contribution in [3.8, 4) is 22.6 Å². The topological polar surface area (TPSA) is 66.8 Å². The molecule has 2 aromatic rings. The molecule has 110 valence electrons. The van der Waals surface area contributed by atoms with Gasteiger partial charge in [0.05, 0.1) is 5.56 Å². The maximum Gasteiger partial charge on any atom is 0.573 e. The van der Waals surface area contributed by atoms with Gasteiger partial charge in [-0.15, -0.1) is 13.2 Å². The predicted molar refractivity (Wildman–Crippen MR) is 67.2 cm³/mol. The van der Waals surface area contributed by atoms with E-state index in [1.165, 1.54) is 24.3 Å². The lowest BCUT2D eigenvalue weighted by atomic mass is 9.99. The van der Waals surface area contributed by atoms with Crippen molar-refractivity contribution >= 4 is 5.97 Å². The van der Waals surface area contributed by atoms with Crippen LogP contribution in [0.15, 0.2) is 42.5 Å². The van der Waals surface area contributed by atoms with E-state index in [4.69, 9.17) is 5.11 Å². The van der Waals surface area contributed by atoms with Gasteiger partial charge in [0.15, 0.2) is 0 Å². The molecule has 0 atom stereocenters. The number of aromatic hydroxyl groups is 1. The third-order valence-electron chi connectivity index (χ3n) is 2.63. The van der Waals surface area contributed by atoms with Gasteiger partial charge in [-0.1, -0.05) is 12.1 Å². The van der Waals surface area contributed by atoms with Crippen molar-refractivity contribution < 1.29 is 32.9 Å². The Balaban J connectivity index is 2.37. The van der Waals surface area contributed by atoms with Crippen LogP contribution < -0.4 is 4.74 Å². The number of rotatable bonds is 3. The van der Waals surface area contributed by atoms with Gasteiger partial charge in [-0.2, -0.15) is 0 Å². The Labute approximate surface area is 117 Å². The molecule has 0 aliphatic rings. The maximum atomic E-state index is 12.1. The Hall–Kier alpha value is -2.70. The standard InChI is InChI=1S/C14H9F3O4/c15-14(16,17)21-10-4-1-8(2-5-10)11-6-3-9(18)7-12(11)13(19)20/h1-7,18H,(H,19,20). The third kappa shape index (κ3) is 3.65. The fraction of sp³-hybridized carbons (Fsp3) is 0.0714. The van der Waals surface area contributed by atoms with Crippen LogP contribution in [0.25, 0.3) is 11.1 Å². The Bertz CT molecular complexity index is 663. The van der Waals surface area contributed by atoms with E-state index in [9.17, 15) is 23.1 Å². The van der Waals surface area contributed by atoms with Crippen molar-refractivity contribution in [1.29, 1.82) is 0 Å². The van der Waals surface area contributed by atoms with Crippen LogP contribution in [0.1, 0.15) is 10.4 Å². The number of hydrogen-bond acceptors (Lipinski definition) is 3. The molecule has 0 bridgehead atoms. The first-order valence-electron chi connectivity index (χ1n) is 5.69. The van der Waals surface area contributed by atoms with Gasteiger partial charge >= 0.3 is 12.3 Å². The van der Waals surface area contributed by atoms with Crippen molar-refractivity contribution in [2.24, 2.45) is 0 Å². The number of carboxylic acid groups (broad SMARTS) is 1. The summed E-state index contributed by atoms with van der Waals surface area (Å²) in [5.41, 5.74) is 0.514. The number of ether oxygens (including phenoxy) is 1. The highest BCUT2D eigenvalue weighted by atomic mass is 19.4. The molecule has 0 saturated carbocycles. The molecule has 0 aliphatic carbocycles. The molecule has 4 nitrogen and oxygen atoms in total. The second-order valence-corrected chi connectivity index (χ2v) is 4.11. The summed E-state index contributed by atoms with van der Waals surface area (Å²) >= 11 is 0. The number of phenols is 1. The molecule has 0 amide bonds. The minimum atomic E-state index is -4.79. The van der Waals surface area contributed by atoms with E-state index in [-0.39, 0.29) is 16.9 Å². The van der Waals surface area contributed by atoms with Gasteiger partial charge in [-0.3, -0.25) is 0 Å². The highest BCUT2D eigenvalue weighted by Gasteiger charge is 2.31. The van der Waals surface area contributed by atoms with Crippen molar-refractivity contribution in [3.05, 3.63) is 48.0 Å². The molecule has 0 heterocycles. The molecular formula is C14H9F3O4. The van der Waals surface area contributed by atoms with Crippen LogP contribution in [-0.2, 0) is 0 Å². The first-order chi connectivity index (χ1) is 9.76. The number of phenolic OH excluding ortho intramolecular Hbond substituents is 1. The first-order valence-corrected chi connectivity index (χ1v) is 5.69. The number of halogens is 3. The fourth-order valence-corrected chi connectivity index (χ4v) is 1.80. The summed E-state index contributed by atoms with van der Waals surface area (Å²) in [5.74, 6) is -1.87. The molecule has 0 aliphatic heterocycles. The summed E-state index contributed by atoms with van der Waals surface area (Å²) in [4.78, 5) is 11.1. The average Bonchev–Trinajstić information content (AvgIpc) is 2.38. The van der Waals surface area contributed by atoms with Crippen LogP contribution in [0.3, 0.4) is 0 Å². The van der Waals surface area contributed by atoms with Gasteiger partial charge in [0.2, 0.25) is 0 Å². The van der Waals surface area contributed by atoms with Crippen LogP contribution in [0.4, 0.5) is 13.2 Å². The quantitative estimate of drug-likeness (QED) is 0.907. The maximum absolute atomic E-state index is 12.1. The summed E-state index contributed by atoms with van der Waals surface area (Å²) in [7, 11) is 0. The van der Waals surface area contributed by atoms with E-state index in [1.807, 2.05) is 0 Å². The minimum Gasteiger partial charge on any atom is -0.508 e. The summed E-state index contributed by atoms with van der Waals surface area (Å²) in [6, 6.07) is 8.51. The minimum absolute atomic E-state index is 0.153. The molecule has 0 radical (unpaired) electrons. The van der Waals surface area contributed by atoms with Gasteiger partial charge in [0.1, 0.15) is 11.5 Å².